The molecule has 0 fully saturated rings. The summed E-state index contributed by atoms with van der Waals surface area (Å²) in [6.07, 6.45) is 2.89. The molecule has 3 rings (SSSR count). The lowest BCUT2D eigenvalue weighted by Gasteiger charge is -2.06. The van der Waals surface area contributed by atoms with Gasteiger partial charge in [-0.05, 0) is 6.07 Å². The van der Waals surface area contributed by atoms with Gasteiger partial charge in [-0.15, -0.1) is 4.83 Å². The third-order valence-corrected chi connectivity index (χ3v) is 5.27. The molecule has 0 aliphatic rings. The van der Waals surface area contributed by atoms with Crippen LogP contribution in [0.1, 0.15) is 10.4 Å². The molecule has 0 unspecified atom stereocenters. The summed E-state index contributed by atoms with van der Waals surface area (Å²) in [4.78, 5) is 18.1. The number of nitrogens with one attached hydrogen (secondary N) is 2. The number of carbonyl (C=O) groups excluding carboxylic acids is 1. The van der Waals surface area contributed by atoms with E-state index >= 15 is 0 Å². The summed E-state index contributed by atoms with van der Waals surface area (Å²) >= 11 is 5.87. The highest BCUT2D eigenvalue weighted by Crippen LogP contribution is 2.20. The van der Waals surface area contributed by atoms with Crippen LogP contribution in [-0.4, -0.2) is 28.4 Å². The van der Waals surface area contributed by atoms with E-state index in [2.05, 4.69) is 10.4 Å². The average Bonchev–Trinajstić information content (AvgIpc) is 3.07. The molecule has 0 aliphatic heterocycles. The van der Waals surface area contributed by atoms with Gasteiger partial charge in [0.05, 0.1) is 11.9 Å². The van der Waals surface area contributed by atoms with E-state index in [4.69, 9.17) is 11.6 Å². The van der Waals surface area contributed by atoms with Crippen LogP contribution in [0.2, 0.25) is 5.15 Å². The van der Waals surface area contributed by atoms with E-state index in [0.29, 0.717) is 10.9 Å². The average molecular weight is 368 g/mol. The Kier molecular flexibility index (Phi) is 4.08. The number of sulfonamides is 1. The zero-order chi connectivity index (χ0) is 17.5. The van der Waals surface area contributed by atoms with E-state index in [1.54, 1.807) is 37.0 Å². The molecule has 0 aliphatic carbocycles. The van der Waals surface area contributed by atoms with Crippen molar-refractivity contribution in [1.82, 2.24) is 24.4 Å². The number of carbonyl (C=O) groups is 1. The van der Waals surface area contributed by atoms with Crippen molar-refractivity contribution in [3.8, 4) is 0 Å². The predicted molar refractivity (Wildman–Crippen MR) is 88.9 cm³/mol. The first-order chi connectivity index (χ1) is 11.3. The minimum Gasteiger partial charge on any atom is -0.350 e. The van der Waals surface area contributed by atoms with Crippen molar-refractivity contribution in [2.75, 3.05) is 0 Å². The lowest BCUT2D eigenvalue weighted by Crippen LogP contribution is -2.41. The van der Waals surface area contributed by atoms with Gasteiger partial charge in [-0.1, -0.05) is 29.8 Å². The zero-order valence-electron chi connectivity index (χ0n) is 12.8. The van der Waals surface area contributed by atoms with E-state index in [9.17, 15) is 13.2 Å². The van der Waals surface area contributed by atoms with Crippen LogP contribution in [0.5, 0.6) is 0 Å². The number of rotatable bonds is 4. The molecule has 2 heterocycles. The standard InChI is InChI=1S/C14H14ClN5O3S/c1-19-7-10(9-5-3-4-6-11(9)19)13(21)17-18-24(22,23)14-12(15)20(2)8-16-14/h3-8,18H,1-2H3,(H,17,21). The van der Waals surface area contributed by atoms with Crippen LogP contribution in [0.4, 0.5) is 0 Å². The third kappa shape index (κ3) is 2.77. The Morgan fingerprint density at radius 2 is 1.92 bits per heavy atom. The van der Waals surface area contributed by atoms with Crippen molar-refractivity contribution < 1.29 is 13.2 Å². The van der Waals surface area contributed by atoms with Crippen LogP contribution in [-0.2, 0) is 24.1 Å². The number of benzene rings is 1. The van der Waals surface area contributed by atoms with Gasteiger partial charge in [0.2, 0.25) is 5.03 Å². The molecule has 10 heteroatoms. The quantitative estimate of drug-likeness (QED) is 0.677. The second-order valence-corrected chi connectivity index (χ2v) is 7.14. The molecule has 2 aromatic heterocycles. The van der Waals surface area contributed by atoms with Crippen LogP contribution >= 0.6 is 11.6 Å². The molecular formula is C14H14ClN5O3S. The Balaban J connectivity index is 1.84. The van der Waals surface area contributed by atoms with E-state index < -0.39 is 15.9 Å². The number of nitrogens with zero attached hydrogens (tertiary/aromatic N) is 3. The molecule has 0 saturated heterocycles. The Labute approximate surface area is 143 Å². The summed E-state index contributed by atoms with van der Waals surface area (Å²) in [6, 6.07) is 7.31. The number of amides is 1. The first-order valence-electron chi connectivity index (χ1n) is 6.84. The highest BCUT2D eigenvalue weighted by molar-refractivity contribution is 7.89. The summed E-state index contributed by atoms with van der Waals surface area (Å²) in [5.41, 5.74) is 3.39. The molecule has 2 N–H and O–H groups in total. The van der Waals surface area contributed by atoms with Gasteiger partial charge < -0.3 is 9.13 Å². The van der Waals surface area contributed by atoms with Crippen LogP contribution in [0.25, 0.3) is 10.9 Å². The SMILES string of the molecule is Cn1cnc(S(=O)(=O)NNC(=O)c2cn(C)c3ccccc23)c1Cl. The topological polar surface area (TPSA) is 98.0 Å². The van der Waals surface area contributed by atoms with Crippen molar-refractivity contribution >= 4 is 38.4 Å². The first-order valence-corrected chi connectivity index (χ1v) is 8.70. The molecule has 126 valence electrons. The van der Waals surface area contributed by atoms with Gasteiger partial charge in [0, 0.05) is 31.2 Å². The molecule has 1 amide bonds. The van der Waals surface area contributed by atoms with Crippen molar-refractivity contribution in [3.63, 3.8) is 0 Å². The van der Waals surface area contributed by atoms with Crippen LogP contribution in [0.15, 0.2) is 41.8 Å². The molecule has 0 saturated carbocycles. The van der Waals surface area contributed by atoms with Crippen molar-refractivity contribution in [2.24, 2.45) is 14.1 Å². The molecule has 0 radical (unpaired) electrons. The molecule has 0 spiro atoms. The van der Waals surface area contributed by atoms with Gasteiger partial charge in [-0.2, -0.15) is 0 Å². The van der Waals surface area contributed by atoms with Crippen molar-refractivity contribution in [2.45, 2.75) is 5.03 Å². The molecule has 0 bridgehead atoms. The molecule has 1 aromatic carbocycles. The largest absolute Gasteiger partial charge is 0.350 e. The minimum atomic E-state index is -4.07. The van der Waals surface area contributed by atoms with Gasteiger partial charge in [0.1, 0.15) is 5.15 Å². The van der Waals surface area contributed by atoms with Gasteiger partial charge in [0.25, 0.3) is 15.9 Å². The summed E-state index contributed by atoms with van der Waals surface area (Å²) in [5.74, 6) is -0.581. The fourth-order valence-corrected chi connectivity index (χ4v) is 3.60. The van der Waals surface area contributed by atoms with Crippen molar-refractivity contribution in [1.29, 1.82) is 0 Å². The van der Waals surface area contributed by atoms with Gasteiger partial charge in [0.15, 0.2) is 0 Å². The maximum absolute atomic E-state index is 12.3. The van der Waals surface area contributed by atoms with Crippen LogP contribution in [0.3, 0.4) is 0 Å². The van der Waals surface area contributed by atoms with Gasteiger partial charge in [-0.25, -0.2) is 13.4 Å². The monoisotopic (exact) mass is 367 g/mol. The highest BCUT2D eigenvalue weighted by atomic mass is 35.5. The second-order valence-electron chi connectivity index (χ2n) is 5.18. The van der Waals surface area contributed by atoms with E-state index in [1.165, 1.54) is 10.9 Å². The smallest absolute Gasteiger partial charge is 0.277 e. The number of hydrazine groups is 1. The maximum Gasteiger partial charge on any atom is 0.277 e. The lowest BCUT2D eigenvalue weighted by molar-refractivity contribution is 0.0946. The second kappa shape index (κ2) is 5.93. The number of aromatic nitrogens is 3. The normalized spacial score (nSPS) is 11.8. The number of fused-ring (bicyclic) bond motifs is 1. The first kappa shape index (κ1) is 16.5. The maximum atomic E-state index is 12.3. The number of hydrogen-bond donors (Lipinski definition) is 2. The fourth-order valence-electron chi connectivity index (χ4n) is 2.33. The minimum absolute atomic E-state index is 0.0538. The van der Waals surface area contributed by atoms with Crippen LogP contribution < -0.4 is 10.3 Å². The van der Waals surface area contributed by atoms with Crippen molar-refractivity contribution in [3.05, 3.63) is 47.5 Å². The number of para-hydroxylation sites is 1. The summed E-state index contributed by atoms with van der Waals surface area (Å²) < 4.78 is 27.5. The number of imidazole rings is 1. The number of aryl methyl sites for hydroxylation is 2. The molecule has 0 atom stereocenters. The van der Waals surface area contributed by atoms with Gasteiger partial charge >= 0.3 is 0 Å². The zero-order valence-corrected chi connectivity index (χ0v) is 14.4. The Hall–Kier alpha value is -2.36. The molecule has 8 nitrogen and oxygen atoms in total. The number of hydrogen-bond acceptors (Lipinski definition) is 4. The van der Waals surface area contributed by atoms with Crippen LogP contribution in [0, 0.1) is 0 Å². The molecule has 24 heavy (non-hydrogen) atoms. The summed E-state index contributed by atoms with van der Waals surface area (Å²) in [5, 5.41) is 0.305. The Morgan fingerprint density at radius 1 is 1.21 bits per heavy atom. The molecular weight excluding hydrogens is 354 g/mol. The van der Waals surface area contributed by atoms with E-state index in [-0.39, 0.29) is 10.2 Å². The van der Waals surface area contributed by atoms with E-state index in [0.717, 1.165) is 5.52 Å². The van der Waals surface area contributed by atoms with E-state index in [1.807, 2.05) is 17.0 Å². The predicted octanol–water partition coefficient (Wildman–Crippen LogP) is 1.19. The Morgan fingerprint density at radius 3 is 2.58 bits per heavy atom. The Bertz CT molecular complexity index is 1040. The molecule has 3 aromatic rings. The third-order valence-electron chi connectivity index (χ3n) is 3.53. The summed E-state index contributed by atoms with van der Waals surface area (Å²) in [7, 11) is -0.711. The number of halogens is 1. The van der Waals surface area contributed by atoms with Gasteiger partial charge in [-0.3, -0.25) is 10.2 Å². The lowest BCUT2D eigenvalue weighted by atomic mass is 10.2. The summed E-state index contributed by atoms with van der Waals surface area (Å²) in [6.45, 7) is 0. The highest BCUT2D eigenvalue weighted by Gasteiger charge is 2.23. The fraction of sp³-hybridized carbons (Fsp3) is 0.143.